The first kappa shape index (κ1) is 13.8. The second-order valence-electron chi connectivity index (χ2n) is 4.04. The third-order valence-electron chi connectivity index (χ3n) is 2.56. The minimum absolute atomic E-state index is 0.284. The smallest absolute Gasteiger partial charge is 0.138 e. The fourth-order valence-corrected chi connectivity index (χ4v) is 1.80. The zero-order valence-corrected chi connectivity index (χ0v) is 11.2. The third-order valence-corrected chi connectivity index (χ3v) is 2.92. The summed E-state index contributed by atoms with van der Waals surface area (Å²) >= 11 is 5.92. The van der Waals surface area contributed by atoms with Gasteiger partial charge in [0.2, 0.25) is 0 Å². The van der Waals surface area contributed by atoms with E-state index in [1.165, 1.54) is 12.1 Å². The molecule has 0 bridgehead atoms. The summed E-state index contributed by atoms with van der Waals surface area (Å²) in [5.74, 6) is 0.298. The number of ether oxygens (including phenoxy) is 1. The van der Waals surface area contributed by atoms with Crippen LogP contribution in [0.5, 0.6) is 5.75 Å². The van der Waals surface area contributed by atoms with Gasteiger partial charge in [-0.25, -0.2) is 4.39 Å². The van der Waals surface area contributed by atoms with E-state index >= 15 is 0 Å². The van der Waals surface area contributed by atoms with Crippen LogP contribution < -0.4 is 10.1 Å². The quantitative estimate of drug-likeness (QED) is 0.913. The van der Waals surface area contributed by atoms with Crippen molar-refractivity contribution in [1.82, 2.24) is 10.3 Å². The lowest BCUT2D eigenvalue weighted by Crippen LogP contribution is -2.06. The molecule has 100 valence electrons. The van der Waals surface area contributed by atoms with E-state index in [0.717, 1.165) is 11.3 Å². The van der Waals surface area contributed by atoms with E-state index in [1.54, 1.807) is 12.3 Å². The molecule has 1 aromatic carbocycles. The second kappa shape index (κ2) is 6.50. The number of benzene rings is 1. The largest absolute Gasteiger partial charge is 0.487 e. The molecule has 0 amide bonds. The topological polar surface area (TPSA) is 34.1 Å². The van der Waals surface area contributed by atoms with Crippen molar-refractivity contribution in [2.75, 3.05) is 7.05 Å². The van der Waals surface area contributed by atoms with Gasteiger partial charge < -0.3 is 10.1 Å². The highest BCUT2D eigenvalue weighted by Crippen LogP contribution is 2.19. The van der Waals surface area contributed by atoms with Crippen molar-refractivity contribution in [2.24, 2.45) is 0 Å². The van der Waals surface area contributed by atoms with Crippen molar-refractivity contribution in [3.8, 4) is 5.75 Å². The van der Waals surface area contributed by atoms with E-state index in [4.69, 9.17) is 16.3 Å². The van der Waals surface area contributed by atoms with Crippen LogP contribution in [-0.4, -0.2) is 12.0 Å². The highest BCUT2D eigenvalue weighted by atomic mass is 35.5. The Kier molecular flexibility index (Phi) is 4.71. The normalized spacial score (nSPS) is 10.5. The van der Waals surface area contributed by atoms with Gasteiger partial charge in [-0.2, -0.15) is 0 Å². The minimum atomic E-state index is -0.355. The Morgan fingerprint density at radius 1 is 1.32 bits per heavy atom. The Morgan fingerprint density at radius 2 is 2.16 bits per heavy atom. The summed E-state index contributed by atoms with van der Waals surface area (Å²) in [6.45, 7) is 0.996. The molecule has 0 fully saturated rings. The van der Waals surface area contributed by atoms with E-state index in [1.807, 2.05) is 19.2 Å². The Morgan fingerprint density at radius 3 is 2.79 bits per heavy atom. The SMILES string of the molecule is CNCc1ccc(OCc2ccc(F)cc2Cl)cn1. The predicted octanol–water partition coefficient (Wildman–Crippen LogP) is 3.17. The molecular formula is C14H14ClFN2O. The Balaban J connectivity index is 1.98. The lowest BCUT2D eigenvalue weighted by molar-refractivity contribution is 0.304. The van der Waals surface area contributed by atoms with Gasteiger partial charge in [-0.05, 0) is 31.3 Å². The van der Waals surface area contributed by atoms with Crippen LogP contribution in [0.15, 0.2) is 36.5 Å². The molecule has 19 heavy (non-hydrogen) atoms. The van der Waals surface area contributed by atoms with Crippen LogP contribution >= 0.6 is 11.6 Å². The number of hydrogen-bond acceptors (Lipinski definition) is 3. The molecule has 0 aliphatic heterocycles. The average molecular weight is 281 g/mol. The van der Waals surface area contributed by atoms with Crippen molar-refractivity contribution in [1.29, 1.82) is 0 Å². The second-order valence-corrected chi connectivity index (χ2v) is 4.45. The van der Waals surface area contributed by atoms with Crippen LogP contribution in [0.4, 0.5) is 4.39 Å². The Hall–Kier alpha value is -1.65. The average Bonchev–Trinajstić information content (AvgIpc) is 2.40. The van der Waals surface area contributed by atoms with Crippen molar-refractivity contribution in [3.05, 3.63) is 58.6 Å². The van der Waals surface area contributed by atoms with Gasteiger partial charge in [0.25, 0.3) is 0 Å². The standard InChI is InChI=1S/C14H14ClFN2O/c1-17-7-12-4-5-13(8-18-12)19-9-10-2-3-11(16)6-14(10)15/h2-6,8,17H,7,9H2,1H3. The van der Waals surface area contributed by atoms with Crippen molar-refractivity contribution in [2.45, 2.75) is 13.2 Å². The third kappa shape index (κ3) is 3.91. The molecule has 3 nitrogen and oxygen atoms in total. The number of pyridine rings is 1. The summed E-state index contributed by atoms with van der Waals surface area (Å²) in [4.78, 5) is 4.24. The summed E-state index contributed by atoms with van der Waals surface area (Å²) in [7, 11) is 1.86. The van der Waals surface area contributed by atoms with Crippen LogP contribution in [0.1, 0.15) is 11.3 Å². The van der Waals surface area contributed by atoms with E-state index in [2.05, 4.69) is 10.3 Å². The van der Waals surface area contributed by atoms with Crippen molar-refractivity contribution >= 4 is 11.6 Å². The fourth-order valence-electron chi connectivity index (χ4n) is 1.58. The fraction of sp³-hybridized carbons (Fsp3) is 0.214. The molecule has 0 unspecified atom stereocenters. The molecule has 2 rings (SSSR count). The van der Waals surface area contributed by atoms with Gasteiger partial charge >= 0.3 is 0 Å². The highest BCUT2D eigenvalue weighted by Gasteiger charge is 2.03. The monoisotopic (exact) mass is 280 g/mol. The lowest BCUT2D eigenvalue weighted by atomic mass is 10.2. The first-order valence-electron chi connectivity index (χ1n) is 5.85. The number of nitrogens with zero attached hydrogens (tertiary/aromatic N) is 1. The first-order valence-corrected chi connectivity index (χ1v) is 6.23. The van der Waals surface area contributed by atoms with E-state index in [9.17, 15) is 4.39 Å². The molecule has 0 radical (unpaired) electrons. The number of aromatic nitrogens is 1. The van der Waals surface area contributed by atoms with Gasteiger partial charge in [-0.15, -0.1) is 0 Å². The van der Waals surface area contributed by atoms with Crippen molar-refractivity contribution in [3.63, 3.8) is 0 Å². The van der Waals surface area contributed by atoms with Gasteiger partial charge in [0, 0.05) is 12.1 Å². The van der Waals surface area contributed by atoms with Gasteiger partial charge in [-0.3, -0.25) is 4.98 Å². The summed E-state index contributed by atoms with van der Waals surface area (Å²) < 4.78 is 18.4. The van der Waals surface area contributed by atoms with Gasteiger partial charge in [0.15, 0.2) is 0 Å². The molecule has 0 aliphatic rings. The van der Waals surface area contributed by atoms with Crippen LogP contribution in [0.25, 0.3) is 0 Å². The van der Waals surface area contributed by atoms with Crippen LogP contribution in [0.2, 0.25) is 5.02 Å². The van der Waals surface area contributed by atoms with Crippen LogP contribution in [-0.2, 0) is 13.2 Å². The number of rotatable bonds is 5. The van der Waals surface area contributed by atoms with E-state index in [0.29, 0.717) is 17.3 Å². The zero-order chi connectivity index (χ0) is 13.7. The predicted molar refractivity (Wildman–Crippen MR) is 72.7 cm³/mol. The molecular weight excluding hydrogens is 267 g/mol. The lowest BCUT2D eigenvalue weighted by Gasteiger charge is -2.08. The van der Waals surface area contributed by atoms with E-state index < -0.39 is 0 Å². The molecule has 1 aromatic heterocycles. The van der Waals surface area contributed by atoms with Crippen LogP contribution in [0, 0.1) is 5.82 Å². The molecule has 0 spiro atoms. The molecule has 0 saturated carbocycles. The molecule has 1 heterocycles. The van der Waals surface area contributed by atoms with Crippen LogP contribution in [0.3, 0.4) is 0 Å². The summed E-state index contributed by atoms with van der Waals surface area (Å²) in [5, 5.41) is 3.38. The molecule has 2 aromatic rings. The maximum atomic E-state index is 12.9. The van der Waals surface area contributed by atoms with Gasteiger partial charge in [0.05, 0.1) is 16.9 Å². The van der Waals surface area contributed by atoms with Gasteiger partial charge in [0.1, 0.15) is 18.2 Å². The maximum Gasteiger partial charge on any atom is 0.138 e. The number of halogens is 2. The van der Waals surface area contributed by atoms with Crippen molar-refractivity contribution < 1.29 is 9.13 Å². The maximum absolute atomic E-state index is 12.9. The molecule has 0 saturated heterocycles. The van der Waals surface area contributed by atoms with Gasteiger partial charge in [-0.1, -0.05) is 17.7 Å². The number of nitrogens with one attached hydrogen (secondary N) is 1. The minimum Gasteiger partial charge on any atom is -0.487 e. The molecule has 0 aliphatic carbocycles. The Labute approximate surface area is 116 Å². The first-order chi connectivity index (χ1) is 9.19. The van der Waals surface area contributed by atoms with E-state index in [-0.39, 0.29) is 12.4 Å². The summed E-state index contributed by atoms with van der Waals surface area (Å²) in [6.07, 6.45) is 1.66. The number of hydrogen-bond donors (Lipinski definition) is 1. The highest BCUT2D eigenvalue weighted by molar-refractivity contribution is 6.31. The molecule has 5 heteroatoms. The molecule has 1 N–H and O–H groups in total. The summed E-state index contributed by atoms with van der Waals surface area (Å²) in [6, 6.07) is 7.98. The summed E-state index contributed by atoms with van der Waals surface area (Å²) in [5.41, 5.74) is 1.68. The molecule has 0 atom stereocenters. The Bertz CT molecular complexity index is 546. The zero-order valence-electron chi connectivity index (χ0n) is 10.5.